The third-order valence-electron chi connectivity index (χ3n) is 4.85. The van der Waals surface area contributed by atoms with Crippen LogP contribution in [0.25, 0.3) is 0 Å². The zero-order valence-electron chi connectivity index (χ0n) is 15.2. The first-order valence-corrected chi connectivity index (χ1v) is 10.4. The van der Waals surface area contributed by atoms with Gasteiger partial charge in [0.15, 0.2) is 0 Å². The molecule has 1 aromatic carbocycles. The average Bonchev–Trinajstić information content (AvgIpc) is 3.44. The minimum atomic E-state index is -0.0689. The molecule has 1 atom stereocenters. The van der Waals surface area contributed by atoms with Gasteiger partial charge in [0.2, 0.25) is 11.1 Å². The number of carbonyl (C=O) groups is 1. The van der Waals surface area contributed by atoms with Crippen LogP contribution in [0.2, 0.25) is 0 Å². The Morgan fingerprint density at radius 3 is 2.78 bits per heavy atom. The number of aromatic nitrogens is 4. The number of benzene rings is 1. The van der Waals surface area contributed by atoms with E-state index in [1.807, 2.05) is 12.1 Å². The van der Waals surface area contributed by atoms with Gasteiger partial charge in [-0.3, -0.25) is 4.79 Å². The number of carbonyl (C=O) groups excluding carboxylic acids is 1. The predicted octanol–water partition coefficient (Wildman–Crippen LogP) is 2.18. The first-order chi connectivity index (χ1) is 13.3. The maximum atomic E-state index is 12.3. The highest BCUT2D eigenvalue weighted by Crippen LogP contribution is 2.23. The Kier molecular flexibility index (Phi) is 5.88. The summed E-state index contributed by atoms with van der Waals surface area (Å²) >= 11 is 1.34. The van der Waals surface area contributed by atoms with Crippen LogP contribution in [-0.2, 0) is 16.1 Å². The number of tetrazole rings is 1. The summed E-state index contributed by atoms with van der Waals surface area (Å²) < 4.78 is 7.34. The van der Waals surface area contributed by atoms with Gasteiger partial charge in [0.05, 0.1) is 18.4 Å². The van der Waals surface area contributed by atoms with E-state index in [-0.39, 0.29) is 17.8 Å². The lowest BCUT2D eigenvalue weighted by molar-refractivity contribution is -0.113. The number of ether oxygens (including phenoxy) is 1. The normalized spacial score (nSPS) is 19.6. The van der Waals surface area contributed by atoms with Crippen molar-refractivity contribution >= 4 is 29.0 Å². The van der Waals surface area contributed by atoms with Gasteiger partial charge in [0, 0.05) is 31.1 Å². The van der Waals surface area contributed by atoms with Gasteiger partial charge < -0.3 is 15.0 Å². The molecule has 2 aliphatic heterocycles. The summed E-state index contributed by atoms with van der Waals surface area (Å²) in [5.74, 6) is 0.195. The molecule has 0 radical (unpaired) electrons. The molecule has 1 amide bonds. The number of nitrogens with one attached hydrogen (secondary N) is 1. The van der Waals surface area contributed by atoms with Crippen LogP contribution in [0.5, 0.6) is 0 Å². The summed E-state index contributed by atoms with van der Waals surface area (Å²) in [5.41, 5.74) is 2.02. The lowest BCUT2D eigenvalue weighted by Crippen LogP contribution is -2.19. The predicted molar refractivity (Wildman–Crippen MR) is 104 cm³/mol. The number of hydrogen-bond donors (Lipinski definition) is 1. The van der Waals surface area contributed by atoms with Crippen LogP contribution in [0.3, 0.4) is 0 Å². The molecule has 0 bridgehead atoms. The number of hydrogen-bond acceptors (Lipinski definition) is 7. The topological polar surface area (TPSA) is 85.2 Å². The second kappa shape index (κ2) is 8.71. The standard InChI is InChI=1S/C18H24N6O2S/c25-17(19-14-5-7-15(8-6-14)23-9-1-2-10-23)13-27-18-20-21-22-24(18)12-16-4-3-11-26-16/h5-8,16H,1-4,9-13H2,(H,19,25). The van der Waals surface area contributed by atoms with Crippen LogP contribution in [0.1, 0.15) is 25.7 Å². The summed E-state index contributed by atoms with van der Waals surface area (Å²) in [5, 5.41) is 15.3. The largest absolute Gasteiger partial charge is 0.376 e. The van der Waals surface area contributed by atoms with E-state index in [1.165, 1.54) is 30.3 Å². The van der Waals surface area contributed by atoms with Crippen molar-refractivity contribution in [3.8, 4) is 0 Å². The number of anilines is 2. The van der Waals surface area contributed by atoms with Gasteiger partial charge in [0.25, 0.3) is 0 Å². The molecule has 8 nitrogen and oxygen atoms in total. The molecule has 2 fully saturated rings. The van der Waals surface area contributed by atoms with Crippen molar-refractivity contribution in [1.29, 1.82) is 0 Å². The first kappa shape index (κ1) is 18.2. The summed E-state index contributed by atoms with van der Waals surface area (Å²) in [7, 11) is 0. The van der Waals surface area contributed by atoms with E-state index in [4.69, 9.17) is 4.74 Å². The van der Waals surface area contributed by atoms with Gasteiger partial charge in [-0.15, -0.1) is 5.10 Å². The minimum absolute atomic E-state index is 0.0689. The zero-order chi connectivity index (χ0) is 18.5. The Bertz CT molecular complexity index is 753. The van der Waals surface area contributed by atoms with Crippen LogP contribution in [0.15, 0.2) is 29.4 Å². The average molecular weight is 388 g/mol. The number of thioether (sulfide) groups is 1. The molecule has 2 aliphatic rings. The Labute approximate surface area is 162 Å². The van der Waals surface area contributed by atoms with Crippen LogP contribution in [0, 0.1) is 0 Å². The molecule has 0 saturated carbocycles. The van der Waals surface area contributed by atoms with E-state index in [2.05, 4.69) is 37.9 Å². The van der Waals surface area contributed by atoms with Crippen LogP contribution in [0.4, 0.5) is 11.4 Å². The molecule has 1 N–H and O–H groups in total. The lowest BCUT2D eigenvalue weighted by Gasteiger charge is -2.17. The molecule has 2 saturated heterocycles. The molecule has 2 aromatic rings. The quantitative estimate of drug-likeness (QED) is 0.728. The van der Waals surface area contributed by atoms with Crippen LogP contribution < -0.4 is 10.2 Å². The van der Waals surface area contributed by atoms with Crippen molar-refractivity contribution in [2.24, 2.45) is 0 Å². The van der Waals surface area contributed by atoms with E-state index < -0.39 is 0 Å². The summed E-state index contributed by atoms with van der Waals surface area (Å²) in [6.45, 7) is 3.66. The summed E-state index contributed by atoms with van der Waals surface area (Å²) in [4.78, 5) is 14.6. The van der Waals surface area contributed by atoms with Gasteiger partial charge in [-0.25, -0.2) is 4.68 Å². The van der Waals surface area contributed by atoms with E-state index in [0.29, 0.717) is 11.7 Å². The fourth-order valence-corrected chi connectivity index (χ4v) is 4.14. The van der Waals surface area contributed by atoms with Gasteiger partial charge in [-0.2, -0.15) is 0 Å². The molecule has 27 heavy (non-hydrogen) atoms. The zero-order valence-corrected chi connectivity index (χ0v) is 16.0. The second-order valence-electron chi connectivity index (χ2n) is 6.86. The van der Waals surface area contributed by atoms with Crippen LogP contribution >= 0.6 is 11.8 Å². The van der Waals surface area contributed by atoms with Gasteiger partial charge >= 0.3 is 0 Å². The van der Waals surface area contributed by atoms with Gasteiger partial charge in [0.1, 0.15) is 0 Å². The third kappa shape index (κ3) is 4.78. The van der Waals surface area contributed by atoms with E-state index in [1.54, 1.807) is 4.68 Å². The minimum Gasteiger partial charge on any atom is -0.376 e. The highest BCUT2D eigenvalue weighted by atomic mass is 32.2. The monoisotopic (exact) mass is 388 g/mol. The Morgan fingerprint density at radius 1 is 1.22 bits per heavy atom. The number of rotatable bonds is 7. The number of nitrogens with zero attached hydrogens (tertiary/aromatic N) is 5. The van der Waals surface area contributed by atoms with E-state index >= 15 is 0 Å². The number of amides is 1. The molecule has 144 valence electrons. The highest BCUT2D eigenvalue weighted by molar-refractivity contribution is 7.99. The molecule has 3 heterocycles. The van der Waals surface area contributed by atoms with Crippen molar-refractivity contribution in [2.75, 3.05) is 35.7 Å². The fourth-order valence-electron chi connectivity index (χ4n) is 3.45. The fraction of sp³-hybridized carbons (Fsp3) is 0.556. The first-order valence-electron chi connectivity index (χ1n) is 9.43. The molecule has 0 spiro atoms. The van der Waals surface area contributed by atoms with E-state index in [0.717, 1.165) is 38.2 Å². The molecular weight excluding hydrogens is 364 g/mol. The maximum Gasteiger partial charge on any atom is 0.234 e. The Hall–Kier alpha value is -2.13. The maximum absolute atomic E-state index is 12.3. The molecule has 1 aromatic heterocycles. The third-order valence-corrected chi connectivity index (χ3v) is 5.81. The van der Waals surface area contributed by atoms with Crippen molar-refractivity contribution in [3.05, 3.63) is 24.3 Å². The van der Waals surface area contributed by atoms with Crippen molar-refractivity contribution in [2.45, 2.75) is 43.5 Å². The Morgan fingerprint density at radius 2 is 2.04 bits per heavy atom. The molecule has 0 aliphatic carbocycles. The van der Waals surface area contributed by atoms with Crippen molar-refractivity contribution in [1.82, 2.24) is 20.2 Å². The second-order valence-corrected chi connectivity index (χ2v) is 7.80. The lowest BCUT2D eigenvalue weighted by atomic mass is 10.2. The summed E-state index contributed by atoms with van der Waals surface area (Å²) in [6.07, 6.45) is 4.77. The van der Waals surface area contributed by atoms with E-state index in [9.17, 15) is 4.79 Å². The van der Waals surface area contributed by atoms with Gasteiger partial charge in [-0.1, -0.05) is 11.8 Å². The van der Waals surface area contributed by atoms with Gasteiger partial charge in [-0.05, 0) is 60.4 Å². The molecule has 9 heteroatoms. The highest BCUT2D eigenvalue weighted by Gasteiger charge is 2.19. The molecule has 1 unspecified atom stereocenters. The Balaban J connectivity index is 1.26. The summed E-state index contributed by atoms with van der Waals surface area (Å²) in [6, 6.07) is 8.04. The van der Waals surface area contributed by atoms with Crippen molar-refractivity contribution in [3.63, 3.8) is 0 Å². The molecule has 4 rings (SSSR count). The van der Waals surface area contributed by atoms with Crippen molar-refractivity contribution < 1.29 is 9.53 Å². The van der Waals surface area contributed by atoms with Crippen LogP contribution in [-0.4, -0.2) is 57.7 Å². The smallest absolute Gasteiger partial charge is 0.234 e. The SMILES string of the molecule is O=C(CSc1nnnn1CC1CCCO1)Nc1ccc(N2CCCC2)cc1. The molecular formula is C18H24N6O2S.